The number of benzene rings is 2. The molecule has 0 radical (unpaired) electrons. The number of nitrogens with zero attached hydrogens (tertiary/aromatic N) is 5. The monoisotopic (exact) mass is 391 g/mol. The van der Waals surface area contributed by atoms with Crippen LogP contribution in [0.1, 0.15) is 11.1 Å². The van der Waals surface area contributed by atoms with Gasteiger partial charge in [0.15, 0.2) is 0 Å². The molecule has 0 fully saturated rings. The summed E-state index contributed by atoms with van der Waals surface area (Å²) in [5, 5.41) is 7.64. The first-order valence-electron chi connectivity index (χ1n) is 8.96. The van der Waals surface area contributed by atoms with E-state index in [2.05, 4.69) is 15.4 Å². The Morgan fingerprint density at radius 1 is 1.07 bits per heavy atom. The largest absolute Gasteiger partial charge is 0.489 e. The van der Waals surface area contributed by atoms with Crippen LogP contribution in [0, 0.1) is 12.7 Å². The zero-order chi connectivity index (χ0) is 20.4. The maximum Gasteiger partial charge on any atom is 0.368 e. The molecule has 2 aromatic carbocycles. The van der Waals surface area contributed by atoms with Gasteiger partial charge in [-0.2, -0.15) is 9.36 Å². The lowest BCUT2D eigenvalue weighted by molar-refractivity contribution is 0.303. The summed E-state index contributed by atoms with van der Waals surface area (Å²) in [4.78, 5) is 16.3. The second-order valence-electron chi connectivity index (χ2n) is 6.53. The SMILES string of the molecule is Cc1cc(-c2ncccc2F)ccc1OCc1ccccc1-n1nnn(C)c1=O. The molecule has 0 saturated carbocycles. The van der Waals surface area contributed by atoms with E-state index in [-0.39, 0.29) is 18.1 Å². The lowest BCUT2D eigenvalue weighted by Crippen LogP contribution is -2.23. The van der Waals surface area contributed by atoms with Crippen molar-refractivity contribution in [2.24, 2.45) is 7.05 Å². The molecular formula is C21H18FN5O2. The van der Waals surface area contributed by atoms with Crippen molar-refractivity contribution in [2.75, 3.05) is 0 Å². The summed E-state index contributed by atoms with van der Waals surface area (Å²) in [5.41, 5.74) is 2.89. The van der Waals surface area contributed by atoms with E-state index in [1.807, 2.05) is 31.2 Å². The second kappa shape index (κ2) is 7.67. The Bertz CT molecular complexity index is 1230. The normalized spacial score (nSPS) is 10.9. The number of hydrogen-bond acceptors (Lipinski definition) is 5. The number of aryl methyl sites for hydroxylation is 2. The molecule has 2 heterocycles. The smallest absolute Gasteiger partial charge is 0.368 e. The van der Waals surface area contributed by atoms with E-state index in [4.69, 9.17) is 4.74 Å². The fourth-order valence-electron chi connectivity index (χ4n) is 3.02. The molecule has 0 N–H and O–H groups in total. The Morgan fingerprint density at radius 2 is 1.90 bits per heavy atom. The van der Waals surface area contributed by atoms with Crippen molar-refractivity contribution in [3.8, 4) is 22.7 Å². The van der Waals surface area contributed by atoms with E-state index in [0.29, 0.717) is 22.7 Å². The van der Waals surface area contributed by atoms with Crippen molar-refractivity contribution in [1.29, 1.82) is 0 Å². The van der Waals surface area contributed by atoms with Gasteiger partial charge >= 0.3 is 5.69 Å². The number of ether oxygens (including phenoxy) is 1. The summed E-state index contributed by atoms with van der Waals surface area (Å²) in [6.07, 6.45) is 1.56. The van der Waals surface area contributed by atoms with Crippen molar-refractivity contribution in [3.63, 3.8) is 0 Å². The van der Waals surface area contributed by atoms with E-state index in [1.54, 1.807) is 37.5 Å². The number of para-hydroxylation sites is 1. The molecule has 2 aromatic heterocycles. The highest BCUT2D eigenvalue weighted by atomic mass is 19.1. The predicted molar refractivity (Wildman–Crippen MR) is 105 cm³/mol. The molecule has 0 aliphatic carbocycles. The molecule has 0 aliphatic heterocycles. The van der Waals surface area contributed by atoms with Gasteiger partial charge in [0.1, 0.15) is 23.9 Å². The topological polar surface area (TPSA) is 74.8 Å². The van der Waals surface area contributed by atoms with Crippen LogP contribution in [-0.4, -0.2) is 24.8 Å². The maximum absolute atomic E-state index is 14.0. The molecule has 0 atom stereocenters. The van der Waals surface area contributed by atoms with Gasteiger partial charge in [0.2, 0.25) is 0 Å². The molecule has 0 saturated heterocycles. The van der Waals surface area contributed by atoms with Gasteiger partial charge in [-0.3, -0.25) is 4.98 Å². The summed E-state index contributed by atoms with van der Waals surface area (Å²) in [5.74, 6) is 0.287. The molecule has 4 rings (SSSR count). The zero-order valence-electron chi connectivity index (χ0n) is 15.9. The van der Waals surface area contributed by atoms with Crippen LogP contribution in [0.5, 0.6) is 5.75 Å². The minimum Gasteiger partial charge on any atom is -0.489 e. The lowest BCUT2D eigenvalue weighted by atomic mass is 10.1. The average Bonchev–Trinajstić information content (AvgIpc) is 3.06. The molecule has 0 amide bonds. The van der Waals surface area contributed by atoms with Crippen molar-refractivity contribution in [2.45, 2.75) is 13.5 Å². The summed E-state index contributed by atoms with van der Waals surface area (Å²) >= 11 is 0. The average molecular weight is 391 g/mol. The Balaban J connectivity index is 1.59. The van der Waals surface area contributed by atoms with Crippen LogP contribution < -0.4 is 10.4 Å². The molecule has 146 valence electrons. The lowest BCUT2D eigenvalue weighted by Gasteiger charge is -2.13. The zero-order valence-corrected chi connectivity index (χ0v) is 15.9. The van der Waals surface area contributed by atoms with Gasteiger partial charge in [-0.1, -0.05) is 18.2 Å². The predicted octanol–water partition coefficient (Wildman–Crippen LogP) is 3.05. The molecule has 29 heavy (non-hydrogen) atoms. The standard InChI is InChI=1S/C21H18FN5O2/c1-14-12-15(20-17(22)7-5-11-23-20)9-10-19(14)29-13-16-6-3-4-8-18(16)27-21(28)26(2)24-25-27/h3-12H,13H2,1-2H3. The number of tetrazole rings is 1. The molecule has 0 spiro atoms. The molecule has 4 aromatic rings. The van der Waals surface area contributed by atoms with Crippen molar-refractivity contribution in [1.82, 2.24) is 24.8 Å². The van der Waals surface area contributed by atoms with Crippen LogP contribution in [0.2, 0.25) is 0 Å². The highest BCUT2D eigenvalue weighted by Gasteiger charge is 2.12. The van der Waals surface area contributed by atoms with Gasteiger partial charge in [-0.05, 0) is 59.3 Å². The molecule has 8 heteroatoms. The Labute approximate surface area is 166 Å². The summed E-state index contributed by atoms with van der Waals surface area (Å²) in [7, 11) is 1.54. The number of pyridine rings is 1. The number of halogens is 1. The van der Waals surface area contributed by atoms with Crippen molar-refractivity contribution < 1.29 is 9.13 Å². The van der Waals surface area contributed by atoms with Gasteiger partial charge < -0.3 is 4.74 Å². The highest BCUT2D eigenvalue weighted by Crippen LogP contribution is 2.27. The van der Waals surface area contributed by atoms with E-state index in [9.17, 15) is 9.18 Å². The summed E-state index contributed by atoms with van der Waals surface area (Å²) in [6.45, 7) is 2.12. The van der Waals surface area contributed by atoms with Crippen molar-refractivity contribution >= 4 is 0 Å². The summed E-state index contributed by atoms with van der Waals surface area (Å²) in [6, 6.07) is 15.7. The second-order valence-corrected chi connectivity index (χ2v) is 6.53. The minimum atomic E-state index is -0.371. The van der Waals surface area contributed by atoms with Crippen LogP contribution in [0.4, 0.5) is 4.39 Å². The van der Waals surface area contributed by atoms with Crippen LogP contribution in [0.3, 0.4) is 0 Å². The minimum absolute atomic E-state index is 0.233. The number of aromatic nitrogens is 5. The van der Waals surface area contributed by atoms with Gasteiger partial charge in [0.25, 0.3) is 0 Å². The maximum atomic E-state index is 14.0. The van der Waals surface area contributed by atoms with Gasteiger partial charge in [0, 0.05) is 24.4 Å². The molecule has 7 nitrogen and oxygen atoms in total. The summed E-state index contributed by atoms with van der Waals surface area (Å²) < 4.78 is 22.3. The fourth-order valence-corrected chi connectivity index (χ4v) is 3.02. The third-order valence-electron chi connectivity index (χ3n) is 4.53. The third kappa shape index (κ3) is 3.64. The Hall–Kier alpha value is -3.81. The first-order chi connectivity index (χ1) is 14.0. The Kier molecular flexibility index (Phi) is 4.90. The van der Waals surface area contributed by atoms with Crippen LogP contribution in [0.25, 0.3) is 16.9 Å². The molecular weight excluding hydrogens is 373 g/mol. The molecule has 0 bridgehead atoms. The molecule has 0 unspecified atom stereocenters. The van der Waals surface area contributed by atoms with E-state index >= 15 is 0 Å². The van der Waals surface area contributed by atoms with Gasteiger partial charge in [-0.25, -0.2) is 9.18 Å². The van der Waals surface area contributed by atoms with Gasteiger partial charge in [0.05, 0.1) is 5.69 Å². The number of hydrogen-bond donors (Lipinski definition) is 0. The van der Waals surface area contributed by atoms with Crippen LogP contribution in [-0.2, 0) is 13.7 Å². The van der Waals surface area contributed by atoms with E-state index in [1.165, 1.54) is 10.7 Å². The number of rotatable bonds is 5. The fraction of sp³-hybridized carbons (Fsp3) is 0.143. The van der Waals surface area contributed by atoms with Crippen molar-refractivity contribution in [3.05, 3.63) is 88.2 Å². The quantitative estimate of drug-likeness (QED) is 0.523. The van der Waals surface area contributed by atoms with E-state index in [0.717, 1.165) is 15.8 Å². The highest BCUT2D eigenvalue weighted by molar-refractivity contribution is 5.62. The molecule has 0 aliphatic rings. The first kappa shape index (κ1) is 18.5. The van der Waals surface area contributed by atoms with Crippen LogP contribution >= 0.6 is 0 Å². The van der Waals surface area contributed by atoms with E-state index < -0.39 is 0 Å². The third-order valence-corrected chi connectivity index (χ3v) is 4.53. The first-order valence-corrected chi connectivity index (χ1v) is 8.96. The Morgan fingerprint density at radius 3 is 2.62 bits per heavy atom. The van der Waals surface area contributed by atoms with Crippen LogP contribution in [0.15, 0.2) is 65.6 Å². The van der Waals surface area contributed by atoms with Gasteiger partial charge in [-0.15, -0.1) is 0 Å².